The Kier molecular flexibility index (Phi) is 9.25. The normalized spacial score (nSPS) is 13.3. The zero-order valence-corrected chi connectivity index (χ0v) is 33.5. The molecular weight excluding hydrogens is 817 g/mol. The Hall–Kier alpha value is -4.41. The first kappa shape index (κ1) is 31.3. The van der Waals surface area contributed by atoms with Crippen LogP contribution in [-0.4, -0.2) is 18.0 Å². The monoisotopic (exact) mass is 865 g/mol. The van der Waals surface area contributed by atoms with Gasteiger partial charge in [0.05, 0.1) is 15.0 Å². The van der Waals surface area contributed by atoms with Crippen molar-refractivity contribution in [3.05, 3.63) is 139 Å². The zero-order valence-electron chi connectivity index (χ0n) is 34.1. The van der Waals surface area contributed by atoms with Crippen LogP contribution in [0, 0.1) is 18.1 Å². The molecule has 0 aliphatic heterocycles. The maximum Gasteiger partial charge on any atom is 0.121 e. The molecule has 3 nitrogen and oxygen atoms in total. The quantitative estimate of drug-likeness (QED) is 0.0950. The predicted octanol–water partition coefficient (Wildman–Crippen LogP) is 12.2. The van der Waals surface area contributed by atoms with Gasteiger partial charge in [0.1, 0.15) is 5.58 Å². The molecule has 259 valence electrons. The average Bonchev–Trinajstić information content (AvgIpc) is 3.51. The van der Waals surface area contributed by atoms with Crippen LogP contribution in [0.5, 0.6) is 0 Å². The molecule has 0 unspecified atom stereocenters. The van der Waals surface area contributed by atoms with Crippen molar-refractivity contribution in [2.24, 2.45) is 5.92 Å². The van der Waals surface area contributed by atoms with Gasteiger partial charge in [0, 0.05) is 42.0 Å². The topological polar surface area (TPSA) is 38.9 Å². The third kappa shape index (κ3) is 7.62. The minimum Gasteiger partial charge on any atom is -0.501 e. The largest absolute Gasteiger partial charge is 0.501 e. The van der Waals surface area contributed by atoms with Crippen molar-refractivity contribution in [3.63, 3.8) is 0 Å². The Morgan fingerprint density at radius 2 is 1.55 bits per heavy atom. The molecule has 8 rings (SSSR count). The van der Waals surface area contributed by atoms with Crippen LogP contribution in [0.15, 0.2) is 120 Å². The van der Waals surface area contributed by atoms with Crippen LogP contribution in [0.1, 0.15) is 50.2 Å². The van der Waals surface area contributed by atoms with Gasteiger partial charge in [-0.15, -0.1) is 54.1 Å². The fraction of sp³-hybridized carbons (Fsp3) is 0.217. The van der Waals surface area contributed by atoms with Crippen LogP contribution >= 0.6 is 0 Å². The molecule has 0 saturated carbocycles. The second kappa shape index (κ2) is 15.1. The van der Waals surface area contributed by atoms with Gasteiger partial charge in [0.15, 0.2) is 0 Å². The second-order valence-electron chi connectivity index (χ2n) is 14.4. The minimum absolute atomic E-state index is 0. The van der Waals surface area contributed by atoms with Crippen molar-refractivity contribution in [1.29, 1.82) is 0 Å². The molecule has 0 spiro atoms. The first-order chi connectivity index (χ1) is 25.5. The number of rotatable bonds is 6. The molecule has 0 fully saturated rings. The molecule has 0 bridgehead atoms. The summed E-state index contributed by atoms with van der Waals surface area (Å²) in [6.07, 6.45) is 0.429. The van der Waals surface area contributed by atoms with Crippen molar-refractivity contribution in [3.8, 4) is 22.5 Å². The summed E-state index contributed by atoms with van der Waals surface area (Å²) in [5.74, 6) is -0.849. The Morgan fingerprint density at radius 3 is 2.29 bits per heavy atom. The summed E-state index contributed by atoms with van der Waals surface area (Å²) in [6.45, 7) is 14.5. The van der Waals surface area contributed by atoms with E-state index in [1.165, 1.54) is 22.0 Å². The average molecular weight is 865 g/mol. The molecule has 0 atom stereocenters. The van der Waals surface area contributed by atoms with Crippen LogP contribution in [0.25, 0.3) is 66.0 Å². The van der Waals surface area contributed by atoms with E-state index in [0.29, 0.717) is 22.4 Å². The molecule has 1 radical (unpaired) electrons. The van der Waals surface area contributed by atoms with E-state index in [4.69, 9.17) is 9.90 Å². The Balaban J connectivity index is 0.000000211. The molecule has 51 heavy (non-hydrogen) atoms. The van der Waals surface area contributed by atoms with Gasteiger partial charge in [-0.25, -0.2) is 0 Å². The van der Waals surface area contributed by atoms with E-state index in [-0.39, 0.29) is 32.2 Å². The molecule has 0 N–H and O–H groups in total. The fourth-order valence-electron chi connectivity index (χ4n) is 6.54. The van der Waals surface area contributed by atoms with E-state index in [1.54, 1.807) is 6.07 Å². The van der Waals surface area contributed by atoms with Crippen LogP contribution < -0.4 is 5.19 Å². The van der Waals surface area contributed by atoms with Gasteiger partial charge in [-0.2, -0.15) is 0 Å². The first-order valence-corrected chi connectivity index (χ1v) is 20.7. The summed E-state index contributed by atoms with van der Waals surface area (Å²) in [5, 5.41) is 7.87. The van der Waals surface area contributed by atoms with Crippen molar-refractivity contribution >= 4 is 56.7 Å². The number of hydrogen-bond acceptors (Lipinski definition) is 3. The van der Waals surface area contributed by atoms with Crippen molar-refractivity contribution < 1.29 is 30.0 Å². The number of aromatic nitrogens is 2. The molecular formula is C46H44IrN2OSi-2. The second-order valence-corrected chi connectivity index (χ2v) is 19.4. The summed E-state index contributed by atoms with van der Waals surface area (Å²) in [5.41, 5.74) is 5.98. The van der Waals surface area contributed by atoms with Gasteiger partial charge in [-0.1, -0.05) is 118 Å². The summed E-state index contributed by atoms with van der Waals surface area (Å²) < 4.78 is 40.0. The molecule has 0 amide bonds. The molecule has 3 aromatic heterocycles. The third-order valence-electron chi connectivity index (χ3n) is 8.94. The summed E-state index contributed by atoms with van der Waals surface area (Å²) in [6, 6.07) is 40.3. The molecule has 0 aliphatic carbocycles. The predicted molar refractivity (Wildman–Crippen MR) is 215 cm³/mol. The van der Waals surface area contributed by atoms with Crippen LogP contribution in [0.3, 0.4) is 0 Å². The molecule has 3 heterocycles. The third-order valence-corrected chi connectivity index (χ3v) is 11.0. The van der Waals surface area contributed by atoms with Crippen LogP contribution in [0.2, 0.25) is 19.6 Å². The van der Waals surface area contributed by atoms with Crippen molar-refractivity contribution in [2.45, 2.75) is 59.6 Å². The SMILES string of the molecule is [2H]C(C)(C)c1cc(-c2[c-]cccc2)ncc1[Si](C)(C)C.[2H]c1cc(C([2H])([2H])C(C)C)cc(-c2[c-]ccc3c2oc2cc4c(ccc5ccccc54)cc23)n1.[Ir]. The Bertz CT molecular complexity index is 2660. The number of nitrogens with zero attached hydrogens (tertiary/aromatic N) is 2. The summed E-state index contributed by atoms with van der Waals surface area (Å²) >= 11 is 0. The minimum atomic E-state index is -1.58. The number of benzene rings is 5. The first-order valence-electron chi connectivity index (χ1n) is 19.2. The number of pyridine rings is 2. The molecule has 0 aliphatic rings. The van der Waals surface area contributed by atoms with Crippen molar-refractivity contribution in [2.75, 3.05) is 0 Å². The van der Waals surface area contributed by atoms with Gasteiger partial charge >= 0.3 is 0 Å². The maximum absolute atomic E-state index is 8.50. The van der Waals surface area contributed by atoms with E-state index < -0.39 is 20.3 Å². The van der Waals surface area contributed by atoms with E-state index in [2.05, 4.69) is 84.2 Å². The summed E-state index contributed by atoms with van der Waals surface area (Å²) in [4.78, 5) is 9.01. The van der Waals surface area contributed by atoms with Gasteiger partial charge < -0.3 is 14.4 Å². The van der Waals surface area contributed by atoms with Crippen LogP contribution in [-0.2, 0) is 26.5 Å². The standard InChI is InChI=1S/C29H22NO.C17H22NSi.Ir/c1-18(2)14-19-12-13-30-27(15-19)24-9-5-8-23-26-16-21-11-10-20-6-3-4-7-22(20)25(21)17-28(26)31-29(23)24;1-13(2)15-11-16(14-9-7-6-8-10-14)18-12-17(15)19(3,4)5;/h3-8,10-13,15-18H,14H2,1-2H3;6-9,11-13H,1-5H3;/q2*-1;/i13D,14D2;13D;. The molecule has 0 saturated heterocycles. The Labute approximate surface area is 322 Å². The number of furan rings is 1. The van der Waals surface area contributed by atoms with Crippen LogP contribution in [0.4, 0.5) is 0 Å². The Morgan fingerprint density at radius 1 is 0.765 bits per heavy atom. The van der Waals surface area contributed by atoms with Gasteiger partial charge in [-0.3, -0.25) is 0 Å². The van der Waals surface area contributed by atoms with E-state index in [0.717, 1.165) is 43.9 Å². The molecule has 5 heteroatoms. The zero-order chi connectivity index (χ0) is 38.6. The number of fused-ring (bicyclic) bond motifs is 6. The maximum atomic E-state index is 8.50. The smallest absolute Gasteiger partial charge is 0.121 e. The summed E-state index contributed by atoms with van der Waals surface area (Å²) in [7, 11) is -1.50. The van der Waals surface area contributed by atoms with E-state index >= 15 is 0 Å². The molecule has 5 aromatic carbocycles. The van der Waals surface area contributed by atoms with E-state index in [9.17, 15) is 0 Å². The fourth-order valence-corrected chi connectivity index (χ4v) is 8.12. The molecule has 8 aromatic rings. The van der Waals surface area contributed by atoms with Gasteiger partial charge in [-0.05, 0) is 74.5 Å². The van der Waals surface area contributed by atoms with E-state index in [1.807, 2.05) is 82.4 Å². The van der Waals surface area contributed by atoms with Gasteiger partial charge in [0.2, 0.25) is 0 Å². The number of hydrogen-bond donors (Lipinski definition) is 0. The van der Waals surface area contributed by atoms with Crippen molar-refractivity contribution in [1.82, 2.24) is 9.97 Å². The van der Waals surface area contributed by atoms with Gasteiger partial charge in [0.25, 0.3) is 0 Å².